The predicted octanol–water partition coefficient (Wildman–Crippen LogP) is 4.15. The summed E-state index contributed by atoms with van der Waals surface area (Å²) in [5, 5.41) is 19.2. The van der Waals surface area contributed by atoms with Gasteiger partial charge in [-0.2, -0.15) is 0 Å². The van der Waals surface area contributed by atoms with Gasteiger partial charge in [0.05, 0.1) is 11.1 Å². The summed E-state index contributed by atoms with van der Waals surface area (Å²) in [6, 6.07) is 22.4. The first-order valence-electron chi connectivity index (χ1n) is 7.44. The van der Waals surface area contributed by atoms with Crippen molar-refractivity contribution in [1.29, 1.82) is 0 Å². The normalized spacial score (nSPS) is 14.6. The predicted molar refractivity (Wildman–Crippen MR) is 90.7 cm³/mol. The summed E-state index contributed by atoms with van der Waals surface area (Å²) in [6.45, 7) is 0. The number of hydrogen-bond donors (Lipinski definition) is 2. The van der Waals surface area contributed by atoms with Gasteiger partial charge in [0.25, 0.3) is 0 Å². The third-order valence-electron chi connectivity index (χ3n) is 4.37. The second kappa shape index (κ2) is 4.99. The highest BCUT2D eigenvalue weighted by molar-refractivity contribution is 5.93. The fraction of sp³-hybridized carbons (Fsp3) is 0.0500. The fourth-order valence-corrected chi connectivity index (χ4v) is 3.23. The number of aromatic hydroxyl groups is 2. The SMILES string of the molecule is Oc1ccc(C2(c3ccc(O)cc3)C=Nc3ccccc32)cc1. The Bertz CT molecular complexity index is 835. The Morgan fingerprint density at radius 3 is 1.74 bits per heavy atom. The first-order valence-corrected chi connectivity index (χ1v) is 7.44. The minimum atomic E-state index is -0.516. The number of fused-ring (bicyclic) bond motifs is 1. The van der Waals surface area contributed by atoms with Gasteiger partial charge >= 0.3 is 0 Å². The average molecular weight is 301 g/mol. The van der Waals surface area contributed by atoms with Gasteiger partial charge in [0.15, 0.2) is 0 Å². The minimum Gasteiger partial charge on any atom is -0.508 e. The van der Waals surface area contributed by atoms with E-state index in [0.717, 1.165) is 22.4 Å². The zero-order chi connectivity index (χ0) is 15.9. The van der Waals surface area contributed by atoms with Crippen LogP contribution in [0.4, 0.5) is 5.69 Å². The molecule has 2 N–H and O–H groups in total. The van der Waals surface area contributed by atoms with Crippen LogP contribution >= 0.6 is 0 Å². The molecule has 0 aliphatic carbocycles. The van der Waals surface area contributed by atoms with E-state index in [2.05, 4.69) is 11.1 Å². The molecule has 0 unspecified atom stereocenters. The summed E-state index contributed by atoms with van der Waals surface area (Å²) in [7, 11) is 0. The van der Waals surface area contributed by atoms with E-state index in [1.165, 1.54) is 0 Å². The van der Waals surface area contributed by atoms with Gasteiger partial charge in [0, 0.05) is 6.21 Å². The zero-order valence-corrected chi connectivity index (χ0v) is 12.3. The molecule has 3 heteroatoms. The molecule has 112 valence electrons. The monoisotopic (exact) mass is 301 g/mol. The molecule has 0 fully saturated rings. The van der Waals surface area contributed by atoms with Crippen LogP contribution < -0.4 is 0 Å². The Balaban J connectivity index is 2.01. The maximum atomic E-state index is 9.62. The van der Waals surface area contributed by atoms with Crippen molar-refractivity contribution in [3.63, 3.8) is 0 Å². The molecule has 4 rings (SSSR count). The van der Waals surface area contributed by atoms with Crippen molar-refractivity contribution in [1.82, 2.24) is 0 Å². The van der Waals surface area contributed by atoms with Crippen molar-refractivity contribution in [2.45, 2.75) is 5.41 Å². The molecular formula is C20H15NO2. The smallest absolute Gasteiger partial charge is 0.115 e. The van der Waals surface area contributed by atoms with Gasteiger partial charge < -0.3 is 10.2 Å². The van der Waals surface area contributed by atoms with E-state index in [9.17, 15) is 10.2 Å². The summed E-state index contributed by atoms with van der Waals surface area (Å²) in [4.78, 5) is 4.60. The lowest BCUT2D eigenvalue weighted by atomic mass is 9.71. The van der Waals surface area contributed by atoms with Crippen LogP contribution in [0.1, 0.15) is 16.7 Å². The second-order valence-corrected chi connectivity index (χ2v) is 5.68. The van der Waals surface area contributed by atoms with Gasteiger partial charge in [-0.25, -0.2) is 0 Å². The van der Waals surface area contributed by atoms with Crippen molar-refractivity contribution in [2.75, 3.05) is 0 Å². The highest BCUT2D eigenvalue weighted by Gasteiger charge is 2.39. The van der Waals surface area contributed by atoms with Gasteiger partial charge in [0.1, 0.15) is 11.5 Å². The first-order chi connectivity index (χ1) is 11.2. The van der Waals surface area contributed by atoms with Crippen LogP contribution in [0.3, 0.4) is 0 Å². The molecule has 23 heavy (non-hydrogen) atoms. The number of hydrogen-bond acceptors (Lipinski definition) is 3. The Labute approximate surface area is 134 Å². The number of para-hydroxylation sites is 1. The van der Waals surface area contributed by atoms with E-state index in [0.29, 0.717) is 0 Å². The number of phenols is 2. The first kappa shape index (κ1) is 13.6. The molecular weight excluding hydrogens is 286 g/mol. The van der Waals surface area contributed by atoms with Crippen molar-refractivity contribution in [3.8, 4) is 11.5 Å². The standard InChI is InChI=1S/C20H15NO2/c22-16-9-5-14(6-10-16)20(15-7-11-17(23)12-8-15)13-21-19-4-2-1-3-18(19)20/h1-13,22-23H. The maximum absolute atomic E-state index is 9.62. The van der Waals surface area contributed by atoms with Crippen molar-refractivity contribution < 1.29 is 10.2 Å². The van der Waals surface area contributed by atoms with Crippen LogP contribution in [0.25, 0.3) is 0 Å². The van der Waals surface area contributed by atoms with Crippen LogP contribution in [0.2, 0.25) is 0 Å². The van der Waals surface area contributed by atoms with Gasteiger partial charge in [-0.1, -0.05) is 42.5 Å². The lowest BCUT2D eigenvalue weighted by Gasteiger charge is -2.29. The minimum absolute atomic E-state index is 0.234. The van der Waals surface area contributed by atoms with Crippen LogP contribution in [0.15, 0.2) is 77.8 Å². The number of phenolic OH excluding ortho intramolecular Hbond substituents is 2. The Hall–Kier alpha value is -3.07. The zero-order valence-electron chi connectivity index (χ0n) is 12.3. The summed E-state index contributed by atoms with van der Waals surface area (Å²) >= 11 is 0. The summed E-state index contributed by atoms with van der Waals surface area (Å²) in [5.41, 5.74) is 3.56. The largest absolute Gasteiger partial charge is 0.508 e. The van der Waals surface area contributed by atoms with E-state index >= 15 is 0 Å². The highest BCUT2D eigenvalue weighted by atomic mass is 16.3. The van der Waals surface area contributed by atoms with Crippen molar-refractivity contribution in [2.24, 2.45) is 4.99 Å². The number of rotatable bonds is 2. The lowest BCUT2D eigenvalue weighted by Crippen LogP contribution is -2.28. The average Bonchev–Trinajstić information content (AvgIpc) is 2.97. The van der Waals surface area contributed by atoms with Gasteiger partial charge in [-0.05, 0) is 47.0 Å². The summed E-state index contributed by atoms with van der Waals surface area (Å²) in [5.74, 6) is 0.468. The topological polar surface area (TPSA) is 52.8 Å². The van der Waals surface area contributed by atoms with E-state index in [1.54, 1.807) is 24.3 Å². The molecule has 1 heterocycles. The van der Waals surface area contributed by atoms with Crippen LogP contribution in [-0.4, -0.2) is 16.4 Å². The Kier molecular flexibility index (Phi) is 2.95. The van der Waals surface area contributed by atoms with Gasteiger partial charge in [-0.15, -0.1) is 0 Å². The summed E-state index contributed by atoms with van der Waals surface area (Å²) in [6.07, 6.45) is 1.94. The molecule has 3 aromatic rings. The maximum Gasteiger partial charge on any atom is 0.115 e. The molecule has 0 spiro atoms. The number of benzene rings is 3. The molecule has 3 aromatic carbocycles. The van der Waals surface area contributed by atoms with Gasteiger partial charge in [-0.3, -0.25) is 4.99 Å². The van der Waals surface area contributed by atoms with Crippen LogP contribution in [0, 0.1) is 0 Å². The highest BCUT2D eigenvalue weighted by Crippen LogP contribution is 2.46. The third-order valence-corrected chi connectivity index (χ3v) is 4.37. The Morgan fingerprint density at radius 1 is 0.652 bits per heavy atom. The molecule has 0 amide bonds. The molecule has 0 aromatic heterocycles. The Morgan fingerprint density at radius 2 is 1.17 bits per heavy atom. The molecule has 0 atom stereocenters. The van der Waals surface area contributed by atoms with E-state index in [4.69, 9.17) is 0 Å². The van der Waals surface area contributed by atoms with Crippen molar-refractivity contribution >= 4 is 11.9 Å². The molecule has 1 aliphatic rings. The van der Waals surface area contributed by atoms with Gasteiger partial charge in [0.2, 0.25) is 0 Å². The molecule has 0 radical (unpaired) electrons. The summed E-state index contributed by atoms with van der Waals surface area (Å²) < 4.78 is 0. The number of nitrogens with zero attached hydrogens (tertiary/aromatic N) is 1. The molecule has 0 bridgehead atoms. The quantitative estimate of drug-likeness (QED) is 0.747. The lowest BCUT2D eigenvalue weighted by molar-refractivity contribution is 0.475. The number of aliphatic imine (C=N–C) groups is 1. The molecule has 1 aliphatic heterocycles. The molecule has 3 nitrogen and oxygen atoms in total. The second-order valence-electron chi connectivity index (χ2n) is 5.68. The van der Waals surface area contributed by atoms with E-state index in [-0.39, 0.29) is 11.5 Å². The van der Waals surface area contributed by atoms with Crippen LogP contribution in [-0.2, 0) is 5.41 Å². The molecule has 0 saturated heterocycles. The van der Waals surface area contributed by atoms with E-state index in [1.807, 2.05) is 48.7 Å². The van der Waals surface area contributed by atoms with Crippen molar-refractivity contribution in [3.05, 3.63) is 89.5 Å². The van der Waals surface area contributed by atoms with E-state index < -0.39 is 5.41 Å². The fourth-order valence-electron chi connectivity index (χ4n) is 3.23. The third kappa shape index (κ3) is 2.01. The molecule has 0 saturated carbocycles. The van der Waals surface area contributed by atoms with Crippen LogP contribution in [0.5, 0.6) is 11.5 Å².